The van der Waals surface area contributed by atoms with E-state index in [1.165, 1.54) is 5.56 Å². The van der Waals surface area contributed by atoms with Crippen LogP contribution in [-0.2, 0) is 16.1 Å². The number of nitrogens with zero attached hydrogens (tertiary/aromatic N) is 1. The molecule has 2 aromatic carbocycles. The average Bonchev–Trinajstić information content (AvgIpc) is 2.65. The number of anilines is 1. The quantitative estimate of drug-likeness (QED) is 0.878. The van der Waals surface area contributed by atoms with E-state index in [-0.39, 0.29) is 5.91 Å². The van der Waals surface area contributed by atoms with Gasteiger partial charge in [-0.2, -0.15) is 0 Å². The highest BCUT2D eigenvalue weighted by atomic mass is 16.5. The number of para-hydroxylation sites is 1. The number of hydrogen-bond acceptors (Lipinski definition) is 4. The second-order valence-corrected chi connectivity index (χ2v) is 6.15. The molecule has 1 fully saturated rings. The van der Waals surface area contributed by atoms with Crippen molar-refractivity contribution in [2.45, 2.75) is 19.6 Å². The van der Waals surface area contributed by atoms with E-state index in [0.29, 0.717) is 5.75 Å². The molecule has 132 valence electrons. The fourth-order valence-corrected chi connectivity index (χ4v) is 2.71. The van der Waals surface area contributed by atoms with Gasteiger partial charge in [-0.25, -0.2) is 0 Å². The highest BCUT2D eigenvalue weighted by molar-refractivity contribution is 5.94. The van der Waals surface area contributed by atoms with Gasteiger partial charge in [0.2, 0.25) is 0 Å². The molecule has 1 heterocycles. The second kappa shape index (κ2) is 8.65. The van der Waals surface area contributed by atoms with Crippen LogP contribution in [0, 0.1) is 0 Å². The molecule has 0 radical (unpaired) electrons. The van der Waals surface area contributed by atoms with E-state index in [4.69, 9.17) is 9.47 Å². The summed E-state index contributed by atoms with van der Waals surface area (Å²) in [5.41, 5.74) is 2.01. The van der Waals surface area contributed by atoms with Gasteiger partial charge in [0, 0.05) is 25.3 Å². The van der Waals surface area contributed by atoms with Crippen LogP contribution >= 0.6 is 0 Å². The first kappa shape index (κ1) is 17.5. The summed E-state index contributed by atoms with van der Waals surface area (Å²) >= 11 is 0. The molecule has 3 rings (SSSR count). The summed E-state index contributed by atoms with van der Waals surface area (Å²) < 4.78 is 11.0. The molecule has 0 unspecified atom stereocenters. The summed E-state index contributed by atoms with van der Waals surface area (Å²) in [6.07, 6.45) is -0.560. The molecular formula is C20H24N2O3. The lowest BCUT2D eigenvalue weighted by Crippen LogP contribution is -2.35. The van der Waals surface area contributed by atoms with Crippen molar-refractivity contribution in [2.24, 2.45) is 0 Å². The SMILES string of the molecule is C[C@H](Oc1ccccc1)C(=O)Nc1ccc(CN2CCOCC2)cc1. The van der Waals surface area contributed by atoms with Crippen molar-refractivity contribution in [3.63, 3.8) is 0 Å². The molecule has 0 aromatic heterocycles. The predicted molar refractivity (Wildman–Crippen MR) is 97.7 cm³/mol. The fraction of sp³-hybridized carbons (Fsp3) is 0.350. The number of amides is 1. The zero-order chi connectivity index (χ0) is 17.5. The molecule has 1 saturated heterocycles. The molecule has 5 nitrogen and oxygen atoms in total. The second-order valence-electron chi connectivity index (χ2n) is 6.15. The Hall–Kier alpha value is -2.37. The number of carbonyl (C=O) groups excluding carboxylic acids is 1. The van der Waals surface area contributed by atoms with E-state index >= 15 is 0 Å². The molecule has 0 spiro atoms. The molecule has 25 heavy (non-hydrogen) atoms. The molecule has 0 bridgehead atoms. The third-order valence-corrected chi connectivity index (χ3v) is 4.16. The fourth-order valence-electron chi connectivity index (χ4n) is 2.71. The lowest BCUT2D eigenvalue weighted by molar-refractivity contribution is -0.122. The zero-order valence-corrected chi connectivity index (χ0v) is 14.5. The first-order valence-electron chi connectivity index (χ1n) is 8.62. The van der Waals surface area contributed by atoms with Crippen molar-refractivity contribution < 1.29 is 14.3 Å². The molecule has 0 aliphatic carbocycles. The maximum absolute atomic E-state index is 12.3. The maximum Gasteiger partial charge on any atom is 0.265 e. The van der Waals surface area contributed by atoms with Gasteiger partial charge in [-0.3, -0.25) is 9.69 Å². The molecule has 1 atom stereocenters. The van der Waals surface area contributed by atoms with Crippen molar-refractivity contribution in [3.05, 3.63) is 60.2 Å². The van der Waals surface area contributed by atoms with Crippen molar-refractivity contribution >= 4 is 11.6 Å². The number of benzene rings is 2. The van der Waals surface area contributed by atoms with E-state index < -0.39 is 6.10 Å². The van der Waals surface area contributed by atoms with E-state index in [1.54, 1.807) is 6.92 Å². The van der Waals surface area contributed by atoms with Gasteiger partial charge in [0.25, 0.3) is 5.91 Å². The Bertz CT molecular complexity index is 667. The molecule has 1 aliphatic heterocycles. The average molecular weight is 340 g/mol. The number of carbonyl (C=O) groups is 1. The first-order valence-corrected chi connectivity index (χ1v) is 8.62. The van der Waals surface area contributed by atoms with Crippen LogP contribution in [-0.4, -0.2) is 43.2 Å². The minimum atomic E-state index is -0.560. The molecule has 2 aromatic rings. The number of morpholine rings is 1. The Morgan fingerprint density at radius 3 is 2.48 bits per heavy atom. The maximum atomic E-state index is 12.3. The third-order valence-electron chi connectivity index (χ3n) is 4.16. The third kappa shape index (κ3) is 5.31. The summed E-state index contributed by atoms with van der Waals surface area (Å²) in [4.78, 5) is 14.6. The topological polar surface area (TPSA) is 50.8 Å². The Morgan fingerprint density at radius 1 is 1.12 bits per heavy atom. The van der Waals surface area contributed by atoms with Gasteiger partial charge in [-0.15, -0.1) is 0 Å². The Morgan fingerprint density at radius 2 is 1.80 bits per heavy atom. The van der Waals surface area contributed by atoms with Crippen LogP contribution in [0.25, 0.3) is 0 Å². The van der Waals surface area contributed by atoms with Crippen molar-refractivity contribution in [1.29, 1.82) is 0 Å². The van der Waals surface area contributed by atoms with Crippen molar-refractivity contribution in [2.75, 3.05) is 31.6 Å². The van der Waals surface area contributed by atoms with Crippen LogP contribution in [0.2, 0.25) is 0 Å². The van der Waals surface area contributed by atoms with Gasteiger partial charge in [0.15, 0.2) is 6.10 Å². The summed E-state index contributed by atoms with van der Waals surface area (Å²) in [7, 11) is 0. The number of ether oxygens (including phenoxy) is 2. The van der Waals surface area contributed by atoms with Gasteiger partial charge in [0.1, 0.15) is 5.75 Å². The van der Waals surface area contributed by atoms with Crippen LogP contribution < -0.4 is 10.1 Å². The van der Waals surface area contributed by atoms with Crippen molar-refractivity contribution in [3.8, 4) is 5.75 Å². The summed E-state index contributed by atoms with van der Waals surface area (Å²) in [6.45, 7) is 6.18. The largest absolute Gasteiger partial charge is 0.481 e. The van der Waals surface area contributed by atoms with Crippen LogP contribution in [0.5, 0.6) is 5.75 Å². The zero-order valence-electron chi connectivity index (χ0n) is 14.5. The monoisotopic (exact) mass is 340 g/mol. The lowest BCUT2D eigenvalue weighted by atomic mass is 10.2. The van der Waals surface area contributed by atoms with Gasteiger partial charge in [-0.05, 0) is 36.8 Å². The Kier molecular flexibility index (Phi) is 6.04. The molecule has 1 N–H and O–H groups in total. The highest BCUT2D eigenvalue weighted by Crippen LogP contribution is 2.15. The van der Waals surface area contributed by atoms with Crippen molar-refractivity contribution in [1.82, 2.24) is 4.90 Å². The minimum Gasteiger partial charge on any atom is -0.481 e. The van der Waals surface area contributed by atoms with Crippen LogP contribution in [0.3, 0.4) is 0 Å². The highest BCUT2D eigenvalue weighted by Gasteiger charge is 2.15. The van der Waals surface area contributed by atoms with Crippen LogP contribution in [0.4, 0.5) is 5.69 Å². The van der Waals surface area contributed by atoms with Crippen LogP contribution in [0.15, 0.2) is 54.6 Å². The van der Waals surface area contributed by atoms with Gasteiger partial charge in [0.05, 0.1) is 13.2 Å². The lowest BCUT2D eigenvalue weighted by Gasteiger charge is -2.26. The van der Waals surface area contributed by atoms with E-state index in [0.717, 1.165) is 38.5 Å². The standard InChI is InChI=1S/C20H24N2O3/c1-16(25-19-5-3-2-4-6-19)20(23)21-18-9-7-17(8-10-18)15-22-11-13-24-14-12-22/h2-10,16H,11-15H2,1H3,(H,21,23)/t16-/m0/s1. The van der Waals surface area contributed by atoms with E-state index in [2.05, 4.69) is 10.2 Å². The van der Waals surface area contributed by atoms with Crippen LogP contribution in [0.1, 0.15) is 12.5 Å². The number of rotatable bonds is 6. The van der Waals surface area contributed by atoms with Gasteiger partial charge in [-0.1, -0.05) is 30.3 Å². The summed E-state index contributed by atoms with van der Waals surface area (Å²) in [5, 5.41) is 2.90. The predicted octanol–water partition coefficient (Wildman–Crippen LogP) is 2.92. The molecule has 5 heteroatoms. The van der Waals surface area contributed by atoms with Gasteiger partial charge < -0.3 is 14.8 Å². The normalized spacial score (nSPS) is 16.2. The Balaban J connectivity index is 1.51. The number of hydrogen-bond donors (Lipinski definition) is 1. The van der Waals surface area contributed by atoms with E-state index in [1.807, 2.05) is 54.6 Å². The summed E-state index contributed by atoms with van der Waals surface area (Å²) in [5.74, 6) is 0.524. The molecule has 1 aliphatic rings. The minimum absolute atomic E-state index is 0.162. The first-order chi connectivity index (χ1) is 12.2. The van der Waals surface area contributed by atoms with E-state index in [9.17, 15) is 4.79 Å². The summed E-state index contributed by atoms with van der Waals surface area (Å²) in [6, 6.07) is 17.3. The molecule has 1 amide bonds. The molecular weight excluding hydrogens is 316 g/mol. The number of nitrogens with one attached hydrogen (secondary N) is 1. The Labute approximate surface area is 148 Å². The smallest absolute Gasteiger partial charge is 0.265 e. The molecule has 0 saturated carbocycles. The van der Waals surface area contributed by atoms with Gasteiger partial charge >= 0.3 is 0 Å².